The molecule has 0 saturated carbocycles. The van der Waals surface area contributed by atoms with Gasteiger partial charge in [-0.05, 0) is 19.8 Å². The molecule has 2 aliphatic rings. The molecular weight excluding hydrogens is 386 g/mol. The van der Waals surface area contributed by atoms with Crippen LogP contribution in [-0.2, 0) is 22.6 Å². The summed E-state index contributed by atoms with van der Waals surface area (Å²) < 4.78 is 18.9. The molecule has 2 aliphatic heterocycles. The van der Waals surface area contributed by atoms with Crippen molar-refractivity contribution < 1.29 is 13.9 Å². The largest absolute Gasteiger partial charge is 0.419 e. The standard InChI is InChI=1S/C20H27N7O3/c1-2-27-19-15(12-22-27)18(23-14-3-7-28-8-4-14)16(11-21-19)20-25-24-17(30-20)13-26-5-9-29-10-6-26/h11-12,14H,2-10,13H2,1H3,(H,21,23). The molecule has 3 aromatic rings. The molecule has 0 aromatic carbocycles. The van der Waals surface area contributed by atoms with Crippen LogP contribution in [0.2, 0.25) is 0 Å². The average molecular weight is 413 g/mol. The molecule has 5 heterocycles. The van der Waals surface area contributed by atoms with Crippen LogP contribution in [0, 0.1) is 0 Å². The Hall–Kier alpha value is -2.56. The van der Waals surface area contributed by atoms with E-state index in [1.165, 1.54) is 0 Å². The Kier molecular flexibility index (Phi) is 5.60. The summed E-state index contributed by atoms with van der Waals surface area (Å²) in [6.45, 7) is 8.20. The van der Waals surface area contributed by atoms with E-state index in [0.29, 0.717) is 24.4 Å². The van der Waals surface area contributed by atoms with Gasteiger partial charge in [0.15, 0.2) is 5.65 Å². The predicted molar refractivity (Wildman–Crippen MR) is 110 cm³/mol. The molecule has 0 bridgehead atoms. The molecule has 10 nitrogen and oxygen atoms in total. The van der Waals surface area contributed by atoms with Crippen molar-refractivity contribution in [3.8, 4) is 11.5 Å². The highest BCUT2D eigenvalue weighted by Gasteiger charge is 2.23. The first-order chi connectivity index (χ1) is 14.8. The van der Waals surface area contributed by atoms with Crippen LogP contribution in [0.25, 0.3) is 22.5 Å². The van der Waals surface area contributed by atoms with Gasteiger partial charge in [-0.25, -0.2) is 9.67 Å². The first-order valence-electron chi connectivity index (χ1n) is 10.6. The van der Waals surface area contributed by atoms with Crippen LogP contribution < -0.4 is 5.32 Å². The number of fused-ring (bicyclic) bond motifs is 1. The Labute approximate surface area is 174 Å². The second kappa shape index (κ2) is 8.66. The van der Waals surface area contributed by atoms with Gasteiger partial charge in [0.2, 0.25) is 5.89 Å². The van der Waals surface area contributed by atoms with Crippen molar-refractivity contribution in [3.05, 3.63) is 18.3 Å². The number of aromatic nitrogens is 5. The monoisotopic (exact) mass is 413 g/mol. The van der Waals surface area contributed by atoms with Crippen LogP contribution >= 0.6 is 0 Å². The fourth-order valence-corrected chi connectivity index (χ4v) is 4.00. The number of hydrogen-bond acceptors (Lipinski definition) is 9. The minimum absolute atomic E-state index is 0.323. The number of ether oxygens (including phenoxy) is 2. The molecule has 0 atom stereocenters. The van der Waals surface area contributed by atoms with Crippen molar-refractivity contribution in [1.29, 1.82) is 0 Å². The fourth-order valence-electron chi connectivity index (χ4n) is 4.00. The van der Waals surface area contributed by atoms with Crippen LogP contribution in [0.3, 0.4) is 0 Å². The zero-order chi connectivity index (χ0) is 20.3. The third-order valence-corrected chi connectivity index (χ3v) is 5.70. The van der Waals surface area contributed by atoms with E-state index in [2.05, 4.69) is 37.4 Å². The Morgan fingerprint density at radius 2 is 1.87 bits per heavy atom. The summed E-state index contributed by atoms with van der Waals surface area (Å²) in [6, 6.07) is 0.323. The van der Waals surface area contributed by atoms with Crippen molar-refractivity contribution in [1.82, 2.24) is 29.9 Å². The molecule has 0 amide bonds. The minimum atomic E-state index is 0.323. The number of hydrogen-bond donors (Lipinski definition) is 1. The van der Waals surface area contributed by atoms with Gasteiger partial charge in [0.05, 0.1) is 42.6 Å². The van der Waals surface area contributed by atoms with Crippen LogP contribution in [0.4, 0.5) is 5.69 Å². The Morgan fingerprint density at radius 1 is 1.07 bits per heavy atom. The summed E-state index contributed by atoms with van der Waals surface area (Å²) in [5.74, 6) is 1.08. The maximum atomic E-state index is 6.05. The summed E-state index contributed by atoms with van der Waals surface area (Å²) in [7, 11) is 0. The van der Waals surface area contributed by atoms with Crippen LogP contribution in [-0.4, -0.2) is 75.4 Å². The number of nitrogens with one attached hydrogen (secondary N) is 1. The summed E-state index contributed by atoms with van der Waals surface area (Å²) >= 11 is 0. The maximum absolute atomic E-state index is 6.05. The average Bonchev–Trinajstić information content (AvgIpc) is 3.42. The quantitative estimate of drug-likeness (QED) is 0.649. The SMILES string of the molecule is CCn1ncc2c(NC3CCOCC3)c(-c3nnc(CN4CCOCC4)o3)cnc21. The zero-order valence-corrected chi connectivity index (χ0v) is 17.2. The molecule has 10 heteroatoms. The summed E-state index contributed by atoms with van der Waals surface area (Å²) in [4.78, 5) is 6.91. The van der Waals surface area contributed by atoms with Gasteiger partial charge in [-0.3, -0.25) is 4.90 Å². The number of aryl methyl sites for hydroxylation is 1. The van der Waals surface area contributed by atoms with Crippen LogP contribution in [0.5, 0.6) is 0 Å². The molecule has 0 spiro atoms. The number of nitrogens with zero attached hydrogens (tertiary/aromatic N) is 6. The number of rotatable bonds is 6. The summed E-state index contributed by atoms with van der Waals surface area (Å²) in [5, 5.41) is 17.8. The molecule has 0 unspecified atom stereocenters. The van der Waals surface area contributed by atoms with Gasteiger partial charge < -0.3 is 19.2 Å². The van der Waals surface area contributed by atoms with Crippen molar-refractivity contribution in [3.63, 3.8) is 0 Å². The van der Waals surface area contributed by atoms with Gasteiger partial charge in [0, 0.05) is 45.1 Å². The first kappa shape index (κ1) is 19.4. The Balaban J connectivity index is 1.47. The fraction of sp³-hybridized carbons (Fsp3) is 0.600. The van der Waals surface area contributed by atoms with E-state index >= 15 is 0 Å². The van der Waals surface area contributed by atoms with E-state index in [4.69, 9.17) is 13.9 Å². The van der Waals surface area contributed by atoms with E-state index in [-0.39, 0.29) is 0 Å². The lowest BCUT2D eigenvalue weighted by Crippen LogP contribution is -2.35. The molecule has 0 radical (unpaired) electrons. The Morgan fingerprint density at radius 3 is 2.67 bits per heavy atom. The number of pyridine rings is 1. The van der Waals surface area contributed by atoms with Gasteiger partial charge in [-0.15, -0.1) is 10.2 Å². The molecule has 1 N–H and O–H groups in total. The second-order valence-electron chi connectivity index (χ2n) is 7.66. The van der Waals surface area contributed by atoms with Gasteiger partial charge >= 0.3 is 0 Å². The van der Waals surface area contributed by atoms with Crippen molar-refractivity contribution in [2.75, 3.05) is 44.8 Å². The van der Waals surface area contributed by atoms with Crippen LogP contribution in [0.15, 0.2) is 16.8 Å². The van der Waals surface area contributed by atoms with E-state index in [0.717, 1.165) is 81.2 Å². The minimum Gasteiger partial charge on any atom is -0.419 e. The third kappa shape index (κ3) is 3.90. The predicted octanol–water partition coefficient (Wildman–Crippen LogP) is 1.92. The maximum Gasteiger partial charge on any atom is 0.251 e. The smallest absolute Gasteiger partial charge is 0.251 e. The molecule has 2 saturated heterocycles. The van der Waals surface area contributed by atoms with Crippen molar-refractivity contribution >= 4 is 16.7 Å². The first-order valence-corrected chi connectivity index (χ1v) is 10.6. The van der Waals surface area contributed by atoms with Gasteiger partial charge in [0.25, 0.3) is 5.89 Å². The topological polar surface area (TPSA) is 103 Å². The highest BCUT2D eigenvalue weighted by Crippen LogP contribution is 2.34. The summed E-state index contributed by atoms with van der Waals surface area (Å²) in [6.07, 6.45) is 5.58. The molecule has 5 rings (SSSR count). The highest BCUT2D eigenvalue weighted by molar-refractivity contribution is 5.96. The molecule has 160 valence electrons. The lowest BCUT2D eigenvalue weighted by molar-refractivity contribution is 0.0306. The molecule has 30 heavy (non-hydrogen) atoms. The van der Waals surface area contributed by atoms with E-state index in [1.807, 2.05) is 17.1 Å². The highest BCUT2D eigenvalue weighted by atomic mass is 16.5. The van der Waals surface area contributed by atoms with Crippen molar-refractivity contribution in [2.24, 2.45) is 0 Å². The molecule has 2 fully saturated rings. The van der Waals surface area contributed by atoms with Gasteiger partial charge in [0.1, 0.15) is 0 Å². The molecule has 3 aromatic heterocycles. The van der Waals surface area contributed by atoms with E-state index < -0.39 is 0 Å². The zero-order valence-electron chi connectivity index (χ0n) is 17.2. The normalized spacial score (nSPS) is 18.8. The number of morpholine rings is 1. The molecular formula is C20H27N7O3. The third-order valence-electron chi connectivity index (χ3n) is 5.70. The Bertz CT molecular complexity index is 990. The lowest BCUT2D eigenvalue weighted by atomic mass is 10.1. The second-order valence-corrected chi connectivity index (χ2v) is 7.66. The van der Waals surface area contributed by atoms with Crippen molar-refractivity contribution in [2.45, 2.75) is 38.9 Å². The summed E-state index contributed by atoms with van der Waals surface area (Å²) in [5.41, 5.74) is 2.61. The lowest BCUT2D eigenvalue weighted by Gasteiger charge is -2.25. The number of anilines is 1. The molecule has 0 aliphatic carbocycles. The van der Waals surface area contributed by atoms with Gasteiger partial charge in [-0.2, -0.15) is 5.10 Å². The van der Waals surface area contributed by atoms with Gasteiger partial charge in [-0.1, -0.05) is 0 Å². The van der Waals surface area contributed by atoms with Crippen LogP contribution in [0.1, 0.15) is 25.7 Å². The van der Waals surface area contributed by atoms with E-state index in [9.17, 15) is 0 Å². The van der Waals surface area contributed by atoms with E-state index in [1.54, 1.807) is 0 Å².